The maximum Gasteiger partial charge on any atom is 0.251 e. The summed E-state index contributed by atoms with van der Waals surface area (Å²) in [5.41, 5.74) is 12.3. The van der Waals surface area contributed by atoms with E-state index in [9.17, 15) is 4.79 Å². The summed E-state index contributed by atoms with van der Waals surface area (Å²) < 4.78 is 3.57. The van der Waals surface area contributed by atoms with Gasteiger partial charge in [0.15, 0.2) is 0 Å². The summed E-state index contributed by atoms with van der Waals surface area (Å²) in [6, 6.07) is 17.2. The number of benzene rings is 2. The van der Waals surface area contributed by atoms with Crippen LogP contribution in [0.3, 0.4) is 0 Å². The first-order valence-corrected chi connectivity index (χ1v) is 11.2. The largest absolute Gasteiger partial charge is 0.336 e. The lowest BCUT2D eigenvalue weighted by molar-refractivity contribution is 0.596. The number of nitrogens with zero attached hydrogens (tertiary/aromatic N) is 4. The third kappa shape index (κ3) is 3.52. The quantitative estimate of drug-likeness (QED) is 0.419. The van der Waals surface area contributed by atoms with Crippen LogP contribution in [0.1, 0.15) is 22.4 Å². The molecule has 3 aromatic heterocycles. The molecule has 2 N–H and O–H groups in total. The summed E-state index contributed by atoms with van der Waals surface area (Å²) in [6.45, 7) is 1.99. The molecule has 5 aromatic rings. The Bertz CT molecular complexity index is 1590. The number of hydrogen-bond donors (Lipinski definition) is 1. The maximum atomic E-state index is 12.8. The van der Waals surface area contributed by atoms with E-state index in [1.165, 1.54) is 0 Å². The number of aryl methyl sites for hydroxylation is 3. The third-order valence-electron chi connectivity index (χ3n) is 6.41. The molecule has 2 aromatic carbocycles. The highest BCUT2D eigenvalue weighted by Crippen LogP contribution is 2.37. The number of pyridine rings is 2. The van der Waals surface area contributed by atoms with Crippen molar-refractivity contribution in [1.29, 1.82) is 0 Å². The van der Waals surface area contributed by atoms with Gasteiger partial charge in [-0.15, -0.1) is 0 Å². The predicted octanol–water partition coefficient (Wildman–Crippen LogP) is 4.55. The Morgan fingerprint density at radius 1 is 0.912 bits per heavy atom. The van der Waals surface area contributed by atoms with Gasteiger partial charge in [0.1, 0.15) is 5.54 Å². The molecule has 1 atom stereocenters. The van der Waals surface area contributed by atoms with Crippen LogP contribution in [0.4, 0.5) is 0 Å². The summed E-state index contributed by atoms with van der Waals surface area (Å²) in [4.78, 5) is 21.4. The van der Waals surface area contributed by atoms with E-state index >= 15 is 0 Å². The molecule has 0 unspecified atom stereocenters. The molecule has 0 saturated carbocycles. The van der Waals surface area contributed by atoms with Gasteiger partial charge in [-0.1, -0.05) is 29.8 Å². The van der Waals surface area contributed by atoms with E-state index in [4.69, 9.17) is 17.3 Å². The molecule has 0 bridgehead atoms. The normalized spacial score (nSPS) is 13.2. The van der Waals surface area contributed by atoms with Crippen molar-refractivity contribution in [1.82, 2.24) is 19.1 Å². The van der Waals surface area contributed by atoms with Crippen molar-refractivity contribution in [3.8, 4) is 11.1 Å². The summed E-state index contributed by atoms with van der Waals surface area (Å²) in [7, 11) is 3.70. The van der Waals surface area contributed by atoms with E-state index in [1.807, 2.05) is 61.0 Å². The molecule has 0 fully saturated rings. The zero-order valence-corrected chi connectivity index (χ0v) is 19.9. The van der Waals surface area contributed by atoms with Crippen LogP contribution in [-0.4, -0.2) is 19.1 Å². The van der Waals surface area contributed by atoms with Gasteiger partial charge in [-0.05, 0) is 59.5 Å². The van der Waals surface area contributed by atoms with Crippen molar-refractivity contribution in [3.05, 3.63) is 117 Å². The number of imidazole rings is 1. The SMILES string of the molecule is Cc1cncc(-c2cc(=O)n(C)c3ccc([C@](N)(c4ccc(Cl)cc4)c4cncn4C)cc23)c1. The van der Waals surface area contributed by atoms with Crippen LogP contribution in [0.5, 0.6) is 0 Å². The van der Waals surface area contributed by atoms with Gasteiger partial charge in [-0.25, -0.2) is 4.98 Å². The molecule has 7 heteroatoms. The van der Waals surface area contributed by atoms with Crippen molar-refractivity contribution in [2.24, 2.45) is 19.8 Å². The third-order valence-corrected chi connectivity index (χ3v) is 6.66. The number of nitrogens with two attached hydrogens (primary N) is 1. The van der Waals surface area contributed by atoms with E-state index in [0.717, 1.165) is 44.4 Å². The minimum Gasteiger partial charge on any atom is -0.336 e. The second-order valence-electron chi connectivity index (χ2n) is 8.64. The van der Waals surface area contributed by atoms with Gasteiger partial charge in [0.2, 0.25) is 0 Å². The van der Waals surface area contributed by atoms with Crippen molar-refractivity contribution in [3.63, 3.8) is 0 Å². The van der Waals surface area contributed by atoms with Crippen LogP contribution in [0.15, 0.2) is 84.3 Å². The standard InChI is InChI=1S/C27H24ClN5O/c1-17-10-18(14-30-13-17)22-12-26(34)33(3)24-9-6-20(11-23(22)24)27(29,25-15-31-16-32(25)2)19-4-7-21(28)8-5-19/h4-16H,29H2,1-3H3/t27-/m1/s1. The highest BCUT2D eigenvalue weighted by molar-refractivity contribution is 6.30. The molecule has 5 rings (SSSR count). The predicted molar refractivity (Wildman–Crippen MR) is 136 cm³/mol. The molecule has 34 heavy (non-hydrogen) atoms. The van der Waals surface area contributed by atoms with Crippen LogP contribution in [0.2, 0.25) is 5.02 Å². The fraction of sp³-hybridized carbons (Fsp3) is 0.148. The average molecular weight is 470 g/mol. The zero-order valence-electron chi connectivity index (χ0n) is 19.2. The lowest BCUT2D eigenvalue weighted by Gasteiger charge is -2.31. The molecule has 0 amide bonds. The van der Waals surface area contributed by atoms with E-state index < -0.39 is 5.54 Å². The van der Waals surface area contributed by atoms with Crippen LogP contribution in [0, 0.1) is 6.92 Å². The molecule has 0 radical (unpaired) electrons. The topological polar surface area (TPSA) is 78.7 Å². The first kappa shape index (κ1) is 22.1. The minimum atomic E-state index is -0.999. The van der Waals surface area contributed by atoms with E-state index in [1.54, 1.807) is 42.6 Å². The van der Waals surface area contributed by atoms with Gasteiger partial charge in [-0.2, -0.15) is 0 Å². The van der Waals surface area contributed by atoms with Gasteiger partial charge >= 0.3 is 0 Å². The van der Waals surface area contributed by atoms with Gasteiger partial charge in [0, 0.05) is 48.5 Å². The number of rotatable bonds is 4. The van der Waals surface area contributed by atoms with Crippen molar-refractivity contribution < 1.29 is 0 Å². The van der Waals surface area contributed by atoms with Crippen molar-refractivity contribution in [2.45, 2.75) is 12.5 Å². The Balaban J connectivity index is 1.84. The lowest BCUT2D eigenvalue weighted by Crippen LogP contribution is -2.41. The Kier molecular flexibility index (Phi) is 5.35. The monoisotopic (exact) mass is 469 g/mol. The molecule has 0 aliphatic rings. The molecule has 0 aliphatic heterocycles. The Labute approximate surface area is 202 Å². The summed E-state index contributed by atoms with van der Waals surface area (Å²) in [5.74, 6) is 0. The second kappa shape index (κ2) is 8.24. The first-order valence-electron chi connectivity index (χ1n) is 10.9. The van der Waals surface area contributed by atoms with E-state index in [2.05, 4.69) is 16.0 Å². The summed E-state index contributed by atoms with van der Waals surface area (Å²) in [5, 5.41) is 1.55. The van der Waals surface area contributed by atoms with Crippen LogP contribution >= 0.6 is 11.6 Å². The molecular weight excluding hydrogens is 446 g/mol. The van der Waals surface area contributed by atoms with E-state index in [-0.39, 0.29) is 5.56 Å². The second-order valence-corrected chi connectivity index (χ2v) is 9.08. The molecule has 170 valence electrons. The van der Waals surface area contributed by atoms with E-state index in [0.29, 0.717) is 5.02 Å². The first-order chi connectivity index (χ1) is 16.3. The molecule has 0 aliphatic carbocycles. The van der Waals surface area contributed by atoms with Crippen LogP contribution < -0.4 is 11.3 Å². The maximum absolute atomic E-state index is 12.8. The Morgan fingerprint density at radius 3 is 2.32 bits per heavy atom. The smallest absolute Gasteiger partial charge is 0.251 e. The number of aromatic nitrogens is 4. The highest BCUT2D eigenvalue weighted by atomic mass is 35.5. The number of hydrogen-bond acceptors (Lipinski definition) is 4. The zero-order chi connectivity index (χ0) is 24.0. The summed E-state index contributed by atoms with van der Waals surface area (Å²) in [6.07, 6.45) is 7.10. The molecular formula is C27H24ClN5O. The van der Waals surface area contributed by atoms with Gasteiger partial charge < -0.3 is 14.9 Å². The minimum absolute atomic E-state index is 0.0832. The Hall–Kier alpha value is -3.74. The molecule has 0 spiro atoms. The molecule has 3 heterocycles. The van der Waals surface area contributed by atoms with Gasteiger partial charge in [-0.3, -0.25) is 9.78 Å². The van der Waals surface area contributed by atoms with Crippen LogP contribution in [0.25, 0.3) is 22.0 Å². The molecule has 0 saturated heterocycles. The van der Waals surface area contributed by atoms with Gasteiger partial charge in [0.25, 0.3) is 5.56 Å². The average Bonchev–Trinajstić information content (AvgIpc) is 3.27. The number of halogens is 1. The summed E-state index contributed by atoms with van der Waals surface area (Å²) >= 11 is 6.18. The van der Waals surface area contributed by atoms with Crippen molar-refractivity contribution in [2.75, 3.05) is 0 Å². The van der Waals surface area contributed by atoms with Gasteiger partial charge in [0.05, 0.1) is 23.7 Å². The lowest BCUT2D eigenvalue weighted by atomic mass is 9.80. The van der Waals surface area contributed by atoms with Crippen molar-refractivity contribution >= 4 is 22.5 Å². The molecule has 6 nitrogen and oxygen atoms in total. The fourth-order valence-electron chi connectivity index (χ4n) is 4.56. The fourth-order valence-corrected chi connectivity index (χ4v) is 4.69. The van der Waals surface area contributed by atoms with Crippen LogP contribution in [-0.2, 0) is 19.6 Å². The Morgan fingerprint density at radius 2 is 1.65 bits per heavy atom. The highest BCUT2D eigenvalue weighted by Gasteiger charge is 2.35. The number of fused-ring (bicyclic) bond motifs is 1.